The van der Waals surface area contributed by atoms with Crippen LogP contribution in [0.25, 0.3) is 33.1 Å². The van der Waals surface area contributed by atoms with Gasteiger partial charge in [0.2, 0.25) is 5.91 Å². The summed E-state index contributed by atoms with van der Waals surface area (Å²) in [5, 5.41) is 15.8. The number of carboxylic acid groups (broad SMARTS) is 1. The maximum absolute atomic E-state index is 12.9. The van der Waals surface area contributed by atoms with Gasteiger partial charge in [-0.25, -0.2) is 14.4 Å². The van der Waals surface area contributed by atoms with Crippen LogP contribution in [0.2, 0.25) is 0 Å². The Morgan fingerprint density at radius 3 is 2.46 bits per heavy atom. The first-order chi connectivity index (χ1) is 17.7. The van der Waals surface area contributed by atoms with Crippen LogP contribution in [0.1, 0.15) is 29.5 Å². The number of hydrogen-bond donors (Lipinski definition) is 4. The molecule has 4 rings (SSSR count). The molecule has 0 aliphatic carbocycles. The van der Waals surface area contributed by atoms with Crippen molar-refractivity contribution in [1.29, 1.82) is 0 Å². The molecule has 4 aromatic rings. The highest BCUT2D eigenvalue weighted by atomic mass is 16.4. The SMILES string of the molecule is Cc1c(CC(=O)NC(CCCNC(N)=O)C(=O)O)c(=O)oc2c(C)c3occ(-c4ccccc4)c3cc12. The summed E-state index contributed by atoms with van der Waals surface area (Å²) >= 11 is 0. The van der Waals surface area contributed by atoms with Crippen LogP contribution in [-0.2, 0) is 16.0 Å². The number of amides is 3. The molecule has 3 amide bonds. The van der Waals surface area contributed by atoms with Gasteiger partial charge in [-0.3, -0.25) is 4.79 Å². The number of aryl methyl sites for hydroxylation is 2. The Balaban J connectivity index is 1.64. The van der Waals surface area contributed by atoms with Crippen molar-refractivity contribution in [2.45, 2.75) is 39.2 Å². The summed E-state index contributed by atoms with van der Waals surface area (Å²) in [6, 6.07) is 9.72. The Hall–Kier alpha value is -4.60. The molecule has 0 bridgehead atoms. The van der Waals surface area contributed by atoms with E-state index in [2.05, 4.69) is 10.6 Å². The molecule has 0 saturated heterocycles. The number of primary amides is 1. The van der Waals surface area contributed by atoms with Gasteiger partial charge >= 0.3 is 17.6 Å². The minimum absolute atomic E-state index is 0.0760. The number of carbonyl (C=O) groups excluding carboxylic acids is 2. The fraction of sp³-hybridized carbons (Fsp3) is 0.259. The lowest BCUT2D eigenvalue weighted by molar-refractivity contribution is -0.141. The molecule has 0 aliphatic rings. The largest absolute Gasteiger partial charge is 0.480 e. The topological polar surface area (TPSA) is 165 Å². The number of benzene rings is 2. The number of furan rings is 1. The van der Waals surface area contributed by atoms with Crippen molar-refractivity contribution in [3.8, 4) is 11.1 Å². The lowest BCUT2D eigenvalue weighted by atomic mass is 9.97. The molecular formula is C27H27N3O7. The number of carbonyl (C=O) groups is 3. The first kappa shape index (κ1) is 25.5. The van der Waals surface area contributed by atoms with Gasteiger partial charge in [0.25, 0.3) is 0 Å². The van der Waals surface area contributed by atoms with E-state index in [0.717, 1.165) is 16.5 Å². The van der Waals surface area contributed by atoms with Crippen LogP contribution in [0.3, 0.4) is 0 Å². The summed E-state index contributed by atoms with van der Waals surface area (Å²) < 4.78 is 11.4. The molecule has 5 N–H and O–H groups in total. The van der Waals surface area contributed by atoms with Crippen LogP contribution in [0, 0.1) is 13.8 Å². The lowest BCUT2D eigenvalue weighted by Crippen LogP contribution is -2.42. The quantitative estimate of drug-likeness (QED) is 0.200. The number of fused-ring (bicyclic) bond motifs is 2. The molecular weight excluding hydrogens is 478 g/mol. The number of urea groups is 1. The standard InChI is InChI=1S/C27H27N3O7/c1-14-17-11-19-20(16-7-4-3-5-8-16)13-36-23(19)15(2)24(17)37-26(34)18(14)12-22(31)30-21(25(32)33)9-6-10-29-27(28)35/h3-5,7-8,11,13,21H,6,9-10,12H2,1-2H3,(H,30,31)(H,32,33)(H3,28,29,35). The number of hydrogen-bond acceptors (Lipinski definition) is 6. The maximum atomic E-state index is 12.9. The van der Waals surface area contributed by atoms with E-state index < -0.39 is 29.6 Å². The van der Waals surface area contributed by atoms with Gasteiger partial charge in [-0.05, 0) is 43.9 Å². The van der Waals surface area contributed by atoms with Gasteiger partial charge in [0.15, 0.2) is 0 Å². The first-order valence-corrected chi connectivity index (χ1v) is 11.7. The Morgan fingerprint density at radius 1 is 1.05 bits per heavy atom. The summed E-state index contributed by atoms with van der Waals surface area (Å²) in [4.78, 5) is 47.9. The minimum Gasteiger partial charge on any atom is -0.480 e. The molecule has 0 aliphatic heterocycles. The van der Waals surface area contributed by atoms with Crippen LogP contribution in [0.15, 0.2) is 56.3 Å². The van der Waals surface area contributed by atoms with E-state index in [0.29, 0.717) is 34.1 Å². The van der Waals surface area contributed by atoms with Crippen LogP contribution >= 0.6 is 0 Å². The van der Waals surface area contributed by atoms with Crippen molar-refractivity contribution in [3.05, 3.63) is 69.8 Å². The van der Waals surface area contributed by atoms with Gasteiger partial charge in [0, 0.05) is 28.4 Å². The van der Waals surface area contributed by atoms with E-state index in [-0.39, 0.29) is 24.9 Å². The third-order valence-corrected chi connectivity index (χ3v) is 6.37. The summed E-state index contributed by atoms with van der Waals surface area (Å²) in [7, 11) is 0. The van der Waals surface area contributed by atoms with Crippen molar-refractivity contribution in [2.24, 2.45) is 5.73 Å². The highest BCUT2D eigenvalue weighted by Gasteiger charge is 2.23. The highest BCUT2D eigenvalue weighted by Crippen LogP contribution is 2.37. The second-order valence-corrected chi connectivity index (χ2v) is 8.83. The van der Waals surface area contributed by atoms with E-state index in [9.17, 15) is 24.3 Å². The van der Waals surface area contributed by atoms with Crippen molar-refractivity contribution in [2.75, 3.05) is 6.54 Å². The molecule has 37 heavy (non-hydrogen) atoms. The third kappa shape index (κ3) is 5.32. The molecule has 2 aromatic carbocycles. The summed E-state index contributed by atoms with van der Waals surface area (Å²) in [5.41, 5.74) is 8.55. The Bertz CT molecular complexity index is 1550. The molecule has 0 radical (unpaired) electrons. The first-order valence-electron chi connectivity index (χ1n) is 11.7. The Morgan fingerprint density at radius 2 is 1.78 bits per heavy atom. The number of rotatable bonds is 9. The van der Waals surface area contributed by atoms with E-state index in [4.69, 9.17) is 14.6 Å². The van der Waals surface area contributed by atoms with Crippen molar-refractivity contribution in [3.63, 3.8) is 0 Å². The van der Waals surface area contributed by atoms with Gasteiger partial charge in [-0.1, -0.05) is 30.3 Å². The number of nitrogens with two attached hydrogens (primary N) is 1. The van der Waals surface area contributed by atoms with E-state index in [1.807, 2.05) is 43.3 Å². The Kier molecular flexibility index (Phi) is 7.28. The van der Waals surface area contributed by atoms with Crippen LogP contribution < -0.4 is 22.0 Å². The van der Waals surface area contributed by atoms with Crippen LogP contribution in [0.5, 0.6) is 0 Å². The lowest BCUT2D eigenvalue weighted by Gasteiger charge is -2.15. The monoisotopic (exact) mass is 505 g/mol. The fourth-order valence-corrected chi connectivity index (χ4v) is 4.42. The van der Waals surface area contributed by atoms with E-state index in [1.54, 1.807) is 13.2 Å². The molecule has 2 aromatic heterocycles. The second kappa shape index (κ2) is 10.6. The highest BCUT2D eigenvalue weighted by molar-refractivity contribution is 6.05. The predicted octanol–water partition coefficient (Wildman–Crippen LogP) is 3.38. The minimum atomic E-state index is -1.22. The molecule has 0 spiro atoms. The van der Waals surface area contributed by atoms with Gasteiger partial charge < -0.3 is 30.3 Å². The Labute approximate surface area is 211 Å². The summed E-state index contributed by atoms with van der Waals surface area (Å²) in [6.45, 7) is 3.72. The van der Waals surface area contributed by atoms with Gasteiger partial charge in [-0.2, -0.15) is 0 Å². The zero-order chi connectivity index (χ0) is 26.7. The molecule has 2 heterocycles. The van der Waals surface area contributed by atoms with Crippen molar-refractivity contribution >= 4 is 39.8 Å². The van der Waals surface area contributed by atoms with Crippen LogP contribution in [0.4, 0.5) is 4.79 Å². The smallest absolute Gasteiger partial charge is 0.340 e. The van der Waals surface area contributed by atoms with Crippen molar-refractivity contribution in [1.82, 2.24) is 10.6 Å². The van der Waals surface area contributed by atoms with Gasteiger partial charge in [-0.15, -0.1) is 0 Å². The molecule has 10 heteroatoms. The zero-order valence-electron chi connectivity index (χ0n) is 20.4. The number of carboxylic acids is 1. The third-order valence-electron chi connectivity index (χ3n) is 6.37. The molecule has 0 saturated carbocycles. The van der Waals surface area contributed by atoms with Crippen molar-refractivity contribution < 1.29 is 28.3 Å². The van der Waals surface area contributed by atoms with E-state index in [1.165, 1.54) is 0 Å². The van der Waals surface area contributed by atoms with Gasteiger partial charge in [0.1, 0.15) is 17.2 Å². The average Bonchev–Trinajstić information content (AvgIpc) is 3.29. The second-order valence-electron chi connectivity index (χ2n) is 8.83. The maximum Gasteiger partial charge on any atom is 0.340 e. The molecule has 1 atom stereocenters. The fourth-order valence-electron chi connectivity index (χ4n) is 4.42. The van der Waals surface area contributed by atoms with Gasteiger partial charge in [0.05, 0.1) is 18.2 Å². The normalized spacial score (nSPS) is 11.9. The molecule has 0 fully saturated rings. The summed E-state index contributed by atoms with van der Waals surface area (Å²) in [6.07, 6.45) is 1.69. The number of nitrogens with one attached hydrogen (secondary N) is 2. The number of aliphatic carboxylic acids is 1. The van der Waals surface area contributed by atoms with Crippen LogP contribution in [-0.4, -0.2) is 35.6 Å². The zero-order valence-corrected chi connectivity index (χ0v) is 20.4. The predicted molar refractivity (Wildman–Crippen MR) is 137 cm³/mol. The van der Waals surface area contributed by atoms with E-state index >= 15 is 0 Å². The molecule has 10 nitrogen and oxygen atoms in total. The average molecular weight is 506 g/mol. The summed E-state index contributed by atoms with van der Waals surface area (Å²) in [5.74, 6) is -1.85. The molecule has 1 unspecified atom stereocenters. The molecule has 192 valence electrons.